The molecule has 0 aromatic rings. The Labute approximate surface area is 208 Å². The Morgan fingerprint density at radius 1 is 1.12 bits per heavy atom. The maximum atomic E-state index is 12.0. The van der Waals surface area contributed by atoms with E-state index in [0.717, 1.165) is 54.8 Å². The lowest BCUT2D eigenvalue weighted by Gasteiger charge is -2.58. The molecular formula is C30H51NO3. The van der Waals surface area contributed by atoms with Crippen LogP contribution in [0.3, 0.4) is 0 Å². The zero-order chi connectivity index (χ0) is 24.5. The Hall–Kier alpha value is -1.03. The largest absolute Gasteiger partial charge is 0.446 e. The smallest absolute Gasteiger partial charge is 0.407 e. The van der Waals surface area contributed by atoms with Gasteiger partial charge >= 0.3 is 6.09 Å². The maximum Gasteiger partial charge on any atom is 0.407 e. The van der Waals surface area contributed by atoms with Crippen molar-refractivity contribution in [3.8, 4) is 0 Å². The van der Waals surface area contributed by atoms with Crippen LogP contribution < -0.4 is 5.32 Å². The second kappa shape index (κ2) is 10.5. The van der Waals surface area contributed by atoms with Crippen LogP contribution in [0.2, 0.25) is 0 Å². The first-order valence-corrected chi connectivity index (χ1v) is 14.4. The highest BCUT2D eigenvalue weighted by Crippen LogP contribution is 2.67. The zero-order valence-corrected chi connectivity index (χ0v) is 22.6. The average Bonchev–Trinajstić information content (AvgIpc) is 3.15. The number of ether oxygens (including phenoxy) is 1. The molecule has 2 N–H and O–H groups in total. The number of alkyl carbamates (subject to hydrolysis) is 1. The van der Waals surface area contributed by atoms with Gasteiger partial charge in [-0.2, -0.15) is 0 Å². The number of hydrogen-bond acceptors (Lipinski definition) is 3. The number of nitrogens with one attached hydrogen (secondary N) is 1. The molecule has 0 radical (unpaired) electrons. The molecule has 4 heteroatoms. The molecule has 4 aliphatic rings. The molecule has 4 nitrogen and oxygen atoms in total. The number of carbonyl (C=O) groups excluding carboxylic acids is 1. The van der Waals surface area contributed by atoms with Crippen molar-refractivity contribution in [2.75, 3.05) is 13.2 Å². The van der Waals surface area contributed by atoms with E-state index in [-0.39, 0.29) is 30.8 Å². The first kappa shape index (κ1) is 26.0. The fourth-order valence-electron chi connectivity index (χ4n) is 9.10. The van der Waals surface area contributed by atoms with E-state index in [4.69, 9.17) is 9.84 Å². The number of rotatable bonds is 8. The standard InChI is InChI=1S/C30H51NO3/c1-20(2)7-6-8-21(3)25-11-12-26-24-10-9-22-19-23(34-28(33)31-17-18-32)13-15-29(22,4)27(24)14-16-30(25,26)5/h9,20-21,23-27,32H,6-8,10-19H2,1-5H3,(H,31,33)/t21?,23?,24?,25?,26-,27?,29-,30+/m0/s1. The van der Waals surface area contributed by atoms with Gasteiger partial charge in [0.1, 0.15) is 6.10 Å². The molecule has 3 fully saturated rings. The van der Waals surface area contributed by atoms with Gasteiger partial charge in [0.05, 0.1) is 6.61 Å². The summed E-state index contributed by atoms with van der Waals surface area (Å²) in [4.78, 5) is 12.0. The lowest BCUT2D eigenvalue weighted by Crippen LogP contribution is -2.51. The molecule has 0 bridgehead atoms. The summed E-state index contributed by atoms with van der Waals surface area (Å²) in [6, 6.07) is 0. The minimum atomic E-state index is -0.384. The number of hydrogen-bond donors (Lipinski definition) is 2. The Kier molecular flexibility index (Phi) is 8.06. The number of carbonyl (C=O) groups is 1. The molecule has 8 atom stereocenters. The Balaban J connectivity index is 1.41. The average molecular weight is 474 g/mol. The first-order valence-electron chi connectivity index (χ1n) is 14.4. The van der Waals surface area contributed by atoms with Crippen LogP contribution in [-0.4, -0.2) is 30.5 Å². The van der Waals surface area contributed by atoms with Crippen LogP contribution in [0.25, 0.3) is 0 Å². The molecule has 194 valence electrons. The summed E-state index contributed by atoms with van der Waals surface area (Å²) in [6.07, 6.45) is 16.2. The van der Waals surface area contributed by atoms with Gasteiger partial charge in [0.25, 0.3) is 0 Å². The van der Waals surface area contributed by atoms with Crippen LogP contribution in [0.15, 0.2) is 11.6 Å². The quantitative estimate of drug-likeness (QED) is 0.369. The molecule has 1 amide bonds. The second-order valence-electron chi connectivity index (χ2n) is 13.2. The zero-order valence-electron chi connectivity index (χ0n) is 22.6. The summed E-state index contributed by atoms with van der Waals surface area (Å²) >= 11 is 0. The lowest BCUT2D eigenvalue weighted by atomic mass is 9.47. The van der Waals surface area contributed by atoms with Crippen molar-refractivity contribution < 1.29 is 14.6 Å². The molecule has 0 heterocycles. The fourth-order valence-corrected chi connectivity index (χ4v) is 9.10. The van der Waals surface area contributed by atoms with Crippen LogP contribution >= 0.6 is 0 Å². The summed E-state index contributed by atoms with van der Waals surface area (Å²) in [7, 11) is 0. The summed E-state index contributed by atoms with van der Waals surface area (Å²) in [5.41, 5.74) is 2.37. The third-order valence-electron chi connectivity index (χ3n) is 10.9. The van der Waals surface area contributed by atoms with Gasteiger partial charge in [0.15, 0.2) is 0 Å². The first-order chi connectivity index (χ1) is 16.2. The van der Waals surface area contributed by atoms with E-state index < -0.39 is 0 Å². The van der Waals surface area contributed by atoms with Crippen LogP contribution in [0.1, 0.15) is 105 Å². The highest BCUT2D eigenvalue weighted by molar-refractivity contribution is 5.67. The van der Waals surface area contributed by atoms with Crippen molar-refractivity contribution in [2.45, 2.75) is 111 Å². The second-order valence-corrected chi connectivity index (χ2v) is 13.2. The number of allylic oxidation sites excluding steroid dienone is 1. The molecule has 34 heavy (non-hydrogen) atoms. The van der Waals surface area contributed by atoms with Gasteiger partial charge in [-0.05, 0) is 91.3 Å². The maximum absolute atomic E-state index is 12.0. The Bertz CT molecular complexity index is 747. The Morgan fingerprint density at radius 2 is 1.91 bits per heavy atom. The minimum absolute atomic E-state index is 0.0222. The van der Waals surface area contributed by atoms with Gasteiger partial charge in [-0.15, -0.1) is 0 Å². The molecule has 0 aliphatic heterocycles. The third-order valence-corrected chi connectivity index (χ3v) is 10.9. The van der Waals surface area contributed by atoms with Crippen molar-refractivity contribution in [3.63, 3.8) is 0 Å². The van der Waals surface area contributed by atoms with Gasteiger partial charge in [-0.1, -0.05) is 65.5 Å². The fraction of sp³-hybridized carbons (Fsp3) is 0.900. The SMILES string of the molecule is CC(C)CCCC(C)C1CC[C@H]2C3CC=C4CC(OC(=O)NCCO)CC[C@]4(C)C3CC[C@]12C. The predicted molar refractivity (Wildman–Crippen MR) is 138 cm³/mol. The molecular weight excluding hydrogens is 422 g/mol. The van der Waals surface area contributed by atoms with Gasteiger partial charge < -0.3 is 15.2 Å². The highest BCUT2D eigenvalue weighted by atomic mass is 16.6. The van der Waals surface area contributed by atoms with Crippen molar-refractivity contribution in [1.29, 1.82) is 0 Å². The topological polar surface area (TPSA) is 58.6 Å². The predicted octanol–water partition coefficient (Wildman–Crippen LogP) is 7.11. The molecule has 0 saturated heterocycles. The van der Waals surface area contributed by atoms with Crippen LogP contribution in [0.4, 0.5) is 4.79 Å². The summed E-state index contributed by atoms with van der Waals surface area (Å²) in [5.74, 6) is 5.12. The highest BCUT2D eigenvalue weighted by Gasteiger charge is 2.59. The summed E-state index contributed by atoms with van der Waals surface area (Å²) in [6.45, 7) is 12.7. The van der Waals surface area contributed by atoms with Gasteiger partial charge in [0.2, 0.25) is 0 Å². The van der Waals surface area contributed by atoms with E-state index in [9.17, 15) is 4.79 Å². The number of aliphatic hydroxyl groups is 1. The van der Waals surface area contributed by atoms with E-state index in [1.807, 2.05) is 0 Å². The summed E-state index contributed by atoms with van der Waals surface area (Å²) < 4.78 is 5.69. The minimum Gasteiger partial charge on any atom is -0.446 e. The molecule has 4 aliphatic carbocycles. The number of aliphatic hydroxyl groups excluding tert-OH is 1. The van der Waals surface area contributed by atoms with Crippen molar-refractivity contribution in [1.82, 2.24) is 5.32 Å². The van der Waals surface area contributed by atoms with E-state index in [0.29, 0.717) is 5.41 Å². The molecule has 0 spiro atoms. The molecule has 4 rings (SSSR count). The Morgan fingerprint density at radius 3 is 2.65 bits per heavy atom. The number of fused-ring (bicyclic) bond motifs is 5. The van der Waals surface area contributed by atoms with Crippen molar-refractivity contribution >= 4 is 6.09 Å². The normalized spacial score (nSPS) is 40.1. The molecule has 0 aromatic carbocycles. The lowest BCUT2D eigenvalue weighted by molar-refractivity contribution is -0.0581. The van der Waals surface area contributed by atoms with E-state index in [1.165, 1.54) is 51.4 Å². The van der Waals surface area contributed by atoms with E-state index in [2.05, 4.69) is 46.0 Å². The van der Waals surface area contributed by atoms with E-state index >= 15 is 0 Å². The van der Waals surface area contributed by atoms with Gasteiger partial charge in [-0.25, -0.2) is 4.79 Å². The monoisotopic (exact) mass is 473 g/mol. The van der Waals surface area contributed by atoms with Gasteiger partial charge in [0, 0.05) is 13.0 Å². The van der Waals surface area contributed by atoms with Crippen LogP contribution in [0.5, 0.6) is 0 Å². The molecule has 0 aromatic heterocycles. The van der Waals surface area contributed by atoms with E-state index in [1.54, 1.807) is 5.57 Å². The number of amides is 1. The molecule has 3 saturated carbocycles. The molecule has 5 unspecified atom stereocenters. The van der Waals surface area contributed by atoms with Gasteiger partial charge in [-0.3, -0.25) is 0 Å². The van der Waals surface area contributed by atoms with Crippen molar-refractivity contribution in [2.24, 2.45) is 46.3 Å². The summed E-state index contributed by atoms with van der Waals surface area (Å²) in [5, 5.41) is 11.6. The van der Waals surface area contributed by atoms with Crippen LogP contribution in [0, 0.1) is 46.3 Å². The van der Waals surface area contributed by atoms with Crippen LogP contribution in [-0.2, 0) is 4.74 Å². The third kappa shape index (κ3) is 4.95. The van der Waals surface area contributed by atoms with Crippen molar-refractivity contribution in [3.05, 3.63) is 11.6 Å².